The summed E-state index contributed by atoms with van der Waals surface area (Å²) >= 11 is 3.11. The standard InChI is InChI=1S/C19H21N5O2S3/c1-2-9-24-17(14-8-10-29(25,26)13-14)22-23-19(24)28-12-16-11-27-18(21-16)20-15-6-4-3-5-7-15/h2-7,11,14H,1,8-10,12-13H2,(H,20,21). The van der Waals surface area contributed by atoms with Crippen LogP contribution in [0.1, 0.15) is 23.9 Å². The molecule has 10 heteroatoms. The van der Waals surface area contributed by atoms with E-state index in [1.807, 2.05) is 40.3 Å². The number of thiazole rings is 1. The molecule has 1 saturated heterocycles. The number of nitrogens with one attached hydrogen (secondary N) is 1. The third-order valence-corrected chi connectivity index (χ3v) is 8.16. The van der Waals surface area contributed by atoms with Crippen LogP contribution in [0.3, 0.4) is 0 Å². The molecule has 1 N–H and O–H groups in total. The van der Waals surface area contributed by atoms with Crippen LogP contribution in [0.2, 0.25) is 0 Å². The number of rotatable bonds is 8. The summed E-state index contributed by atoms with van der Waals surface area (Å²) in [4.78, 5) is 4.63. The molecule has 0 amide bonds. The fourth-order valence-corrected chi connectivity index (χ4v) is 6.64. The smallest absolute Gasteiger partial charge is 0.191 e. The van der Waals surface area contributed by atoms with Crippen molar-refractivity contribution >= 4 is 43.8 Å². The maximum atomic E-state index is 11.8. The van der Waals surface area contributed by atoms with Crippen molar-refractivity contribution in [2.45, 2.75) is 29.8 Å². The Bertz CT molecular complexity index is 1090. The number of allylic oxidation sites excluding steroid dienone is 1. The Balaban J connectivity index is 1.44. The third kappa shape index (κ3) is 4.88. The van der Waals surface area contributed by atoms with Gasteiger partial charge in [0.25, 0.3) is 0 Å². The van der Waals surface area contributed by atoms with Gasteiger partial charge in [0.05, 0.1) is 17.2 Å². The van der Waals surface area contributed by atoms with E-state index in [0.29, 0.717) is 18.7 Å². The minimum Gasteiger partial charge on any atom is -0.332 e. The monoisotopic (exact) mass is 447 g/mol. The van der Waals surface area contributed by atoms with E-state index in [0.717, 1.165) is 27.5 Å². The number of benzene rings is 1. The second-order valence-corrected chi connectivity index (χ2v) is 10.8. The fraction of sp³-hybridized carbons (Fsp3) is 0.316. The molecule has 3 heterocycles. The molecule has 1 aliphatic heterocycles. The minimum atomic E-state index is -2.97. The first kappa shape index (κ1) is 20.1. The van der Waals surface area contributed by atoms with Crippen LogP contribution < -0.4 is 5.32 Å². The maximum absolute atomic E-state index is 11.8. The average Bonchev–Trinajstić information content (AvgIpc) is 3.40. The first-order valence-corrected chi connectivity index (χ1v) is 12.9. The van der Waals surface area contributed by atoms with E-state index in [1.165, 1.54) is 0 Å². The highest BCUT2D eigenvalue weighted by molar-refractivity contribution is 7.98. The summed E-state index contributed by atoms with van der Waals surface area (Å²) in [6.45, 7) is 4.37. The zero-order valence-electron chi connectivity index (χ0n) is 15.7. The largest absolute Gasteiger partial charge is 0.332 e. The van der Waals surface area contributed by atoms with Crippen molar-refractivity contribution in [2.24, 2.45) is 0 Å². The van der Waals surface area contributed by atoms with Crippen LogP contribution in [-0.2, 0) is 22.1 Å². The summed E-state index contributed by atoms with van der Waals surface area (Å²) < 4.78 is 25.6. The van der Waals surface area contributed by atoms with Gasteiger partial charge in [-0.1, -0.05) is 36.0 Å². The average molecular weight is 448 g/mol. The van der Waals surface area contributed by atoms with Crippen LogP contribution in [0.5, 0.6) is 0 Å². The van der Waals surface area contributed by atoms with Crippen LogP contribution in [0.15, 0.2) is 53.5 Å². The Morgan fingerprint density at radius 2 is 2.14 bits per heavy atom. The molecule has 0 radical (unpaired) electrons. The van der Waals surface area contributed by atoms with Crippen molar-refractivity contribution < 1.29 is 8.42 Å². The number of sulfone groups is 1. The molecule has 1 unspecified atom stereocenters. The third-order valence-electron chi connectivity index (χ3n) is 4.58. The van der Waals surface area contributed by atoms with Crippen molar-refractivity contribution in [1.29, 1.82) is 0 Å². The zero-order valence-corrected chi connectivity index (χ0v) is 18.1. The quantitative estimate of drug-likeness (QED) is 0.414. The van der Waals surface area contributed by atoms with Gasteiger partial charge in [0.2, 0.25) is 0 Å². The summed E-state index contributed by atoms with van der Waals surface area (Å²) in [6.07, 6.45) is 2.38. The molecule has 0 spiro atoms. The predicted molar refractivity (Wildman–Crippen MR) is 118 cm³/mol. The lowest BCUT2D eigenvalue weighted by atomic mass is 10.1. The van der Waals surface area contributed by atoms with E-state index < -0.39 is 9.84 Å². The van der Waals surface area contributed by atoms with Crippen LogP contribution in [-0.4, -0.2) is 39.7 Å². The van der Waals surface area contributed by atoms with E-state index in [2.05, 4.69) is 27.1 Å². The van der Waals surface area contributed by atoms with Crippen molar-refractivity contribution in [3.63, 3.8) is 0 Å². The molecule has 152 valence electrons. The number of anilines is 2. The summed E-state index contributed by atoms with van der Waals surface area (Å²) in [5.74, 6) is 1.66. The molecular weight excluding hydrogens is 426 g/mol. The molecule has 0 bridgehead atoms. The second kappa shape index (κ2) is 8.68. The lowest BCUT2D eigenvalue weighted by Crippen LogP contribution is -2.11. The molecular formula is C19H21N5O2S3. The Hall–Kier alpha value is -2.17. The molecule has 1 aliphatic rings. The Morgan fingerprint density at radius 1 is 1.31 bits per heavy atom. The SMILES string of the molecule is C=CCn1c(SCc2csc(Nc3ccccc3)n2)nnc1C1CCS(=O)(=O)C1. The number of nitrogens with zero attached hydrogens (tertiary/aromatic N) is 4. The van der Waals surface area contributed by atoms with E-state index >= 15 is 0 Å². The first-order valence-electron chi connectivity index (χ1n) is 9.18. The van der Waals surface area contributed by atoms with Crippen molar-refractivity contribution in [3.05, 3.63) is 59.9 Å². The van der Waals surface area contributed by atoms with Gasteiger partial charge < -0.3 is 9.88 Å². The van der Waals surface area contributed by atoms with Crippen LogP contribution >= 0.6 is 23.1 Å². The molecule has 1 fully saturated rings. The van der Waals surface area contributed by atoms with Crippen LogP contribution in [0.25, 0.3) is 0 Å². The predicted octanol–water partition coefficient (Wildman–Crippen LogP) is 3.86. The number of para-hydroxylation sites is 1. The van der Waals surface area contributed by atoms with Crippen LogP contribution in [0, 0.1) is 0 Å². The van der Waals surface area contributed by atoms with E-state index in [-0.39, 0.29) is 17.4 Å². The first-order chi connectivity index (χ1) is 14.0. The molecule has 1 aromatic carbocycles. The van der Waals surface area contributed by atoms with Gasteiger partial charge in [0.15, 0.2) is 20.1 Å². The number of hydrogen-bond donors (Lipinski definition) is 1. The van der Waals surface area contributed by atoms with Gasteiger partial charge in [0.1, 0.15) is 5.82 Å². The Morgan fingerprint density at radius 3 is 2.86 bits per heavy atom. The molecule has 7 nitrogen and oxygen atoms in total. The fourth-order valence-electron chi connectivity index (χ4n) is 3.22. The van der Waals surface area contributed by atoms with Gasteiger partial charge in [-0.25, -0.2) is 13.4 Å². The summed E-state index contributed by atoms with van der Waals surface area (Å²) in [6, 6.07) is 9.93. The summed E-state index contributed by atoms with van der Waals surface area (Å²) in [5, 5.41) is 15.5. The highest BCUT2D eigenvalue weighted by Crippen LogP contribution is 2.31. The number of hydrogen-bond acceptors (Lipinski definition) is 8. The van der Waals surface area contributed by atoms with Crippen molar-refractivity contribution in [1.82, 2.24) is 19.7 Å². The molecule has 0 saturated carbocycles. The minimum absolute atomic E-state index is 0.0947. The number of aromatic nitrogens is 4. The van der Waals surface area contributed by atoms with Gasteiger partial charge >= 0.3 is 0 Å². The van der Waals surface area contributed by atoms with Gasteiger partial charge in [0, 0.05) is 29.3 Å². The zero-order chi connectivity index (χ0) is 20.3. The Kier molecular flexibility index (Phi) is 6.02. The lowest BCUT2D eigenvalue weighted by Gasteiger charge is -2.10. The molecule has 3 aromatic rings. The molecule has 0 aliphatic carbocycles. The highest BCUT2D eigenvalue weighted by Gasteiger charge is 2.33. The van der Waals surface area contributed by atoms with Crippen molar-refractivity contribution in [2.75, 3.05) is 16.8 Å². The van der Waals surface area contributed by atoms with Gasteiger partial charge in [-0.05, 0) is 18.6 Å². The normalized spacial score (nSPS) is 18.0. The van der Waals surface area contributed by atoms with E-state index in [9.17, 15) is 8.42 Å². The Labute approximate surface area is 178 Å². The molecule has 29 heavy (non-hydrogen) atoms. The van der Waals surface area contributed by atoms with Crippen LogP contribution in [0.4, 0.5) is 10.8 Å². The van der Waals surface area contributed by atoms with E-state index in [1.54, 1.807) is 29.2 Å². The lowest BCUT2D eigenvalue weighted by molar-refractivity contribution is 0.597. The van der Waals surface area contributed by atoms with E-state index in [4.69, 9.17) is 0 Å². The summed E-state index contributed by atoms with van der Waals surface area (Å²) in [5.41, 5.74) is 1.96. The maximum Gasteiger partial charge on any atom is 0.191 e. The number of thioether (sulfide) groups is 1. The van der Waals surface area contributed by atoms with Gasteiger partial charge in [-0.3, -0.25) is 0 Å². The molecule has 2 aromatic heterocycles. The molecule has 1 atom stereocenters. The highest BCUT2D eigenvalue weighted by atomic mass is 32.2. The second-order valence-electron chi connectivity index (χ2n) is 6.76. The topological polar surface area (TPSA) is 89.8 Å². The van der Waals surface area contributed by atoms with Gasteiger partial charge in [-0.2, -0.15) is 0 Å². The van der Waals surface area contributed by atoms with Crippen molar-refractivity contribution in [3.8, 4) is 0 Å². The summed E-state index contributed by atoms with van der Waals surface area (Å²) in [7, 11) is -2.97. The van der Waals surface area contributed by atoms with Gasteiger partial charge in [-0.15, -0.1) is 28.1 Å². The molecule has 4 rings (SSSR count).